The summed E-state index contributed by atoms with van der Waals surface area (Å²) in [6, 6.07) is 18.2. The van der Waals surface area contributed by atoms with Crippen molar-refractivity contribution in [1.82, 2.24) is 15.5 Å². The van der Waals surface area contributed by atoms with Crippen LogP contribution in [-0.2, 0) is 16.0 Å². The highest BCUT2D eigenvalue weighted by atomic mass is 16.2. The fourth-order valence-corrected chi connectivity index (χ4v) is 3.08. The van der Waals surface area contributed by atoms with Gasteiger partial charge in [-0.25, -0.2) is 4.79 Å². The van der Waals surface area contributed by atoms with Gasteiger partial charge in [0.25, 0.3) is 5.91 Å². The Bertz CT molecular complexity index is 808. The van der Waals surface area contributed by atoms with Gasteiger partial charge in [-0.3, -0.25) is 14.5 Å². The second-order valence-electron chi connectivity index (χ2n) is 6.73. The predicted octanol–water partition coefficient (Wildman–Crippen LogP) is 2.07. The van der Waals surface area contributed by atoms with Crippen LogP contribution in [0.4, 0.5) is 4.79 Å². The number of hydrogen-bond donors (Lipinski definition) is 2. The van der Waals surface area contributed by atoms with Crippen molar-refractivity contribution in [1.29, 1.82) is 0 Å². The highest BCUT2D eigenvalue weighted by Crippen LogP contribution is 2.14. The van der Waals surface area contributed by atoms with E-state index in [0.29, 0.717) is 13.0 Å². The zero-order valence-electron chi connectivity index (χ0n) is 15.2. The van der Waals surface area contributed by atoms with Gasteiger partial charge in [0, 0.05) is 13.0 Å². The lowest BCUT2D eigenvalue weighted by molar-refractivity contribution is -0.132. The number of nitrogens with zero attached hydrogens (tertiary/aromatic N) is 1. The van der Waals surface area contributed by atoms with Gasteiger partial charge >= 0.3 is 6.03 Å². The Morgan fingerprint density at radius 3 is 2.37 bits per heavy atom. The van der Waals surface area contributed by atoms with E-state index in [2.05, 4.69) is 10.6 Å². The van der Waals surface area contributed by atoms with Gasteiger partial charge in [-0.1, -0.05) is 67.6 Å². The van der Waals surface area contributed by atoms with Crippen LogP contribution in [0.1, 0.15) is 24.0 Å². The second kappa shape index (κ2) is 8.49. The van der Waals surface area contributed by atoms with E-state index >= 15 is 0 Å². The third-order valence-corrected chi connectivity index (χ3v) is 4.67. The van der Waals surface area contributed by atoms with E-state index in [1.807, 2.05) is 67.6 Å². The van der Waals surface area contributed by atoms with Gasteiger partial charge in [-0.05, 0) is 17.0 Å². The Hall–Kier alpha value is -3.15. The summed E-state index contributed by atoms with van der Waals surface area (Å²) >= 11 is 0. The summed E-state index contributed by atoms with van der Waals surface area (Å²) in [6.45, 7) is 2.19. The topological polar surface area (TPSA) is 78.5 Å². The molecule has 0 saturated carbocycles. The van der Waals surface area contributed by atoms with Crippen LogP contribution in [0.15, 0.2) is 60.7 Å². The molecule has 0 aromatic heterocycles. The van der Waals surface area contributed by atoms with Crippen molar-refractivity contribution >= 4 is 17.8 Å². The number of imide groups is 1. The Morgan fingerprint density at radius 1 is 1.07 bits per heavy atom. The zero-order valence-corrected chi connectivity index (χ0v) is 15.2. The molecule has 2 atom stereocenters. The third-order valence-electron chi connectivity index (χ3n) is 4.67. The molecule has 1 aliphatic heterocycles. The van der Waals surface area contributed by atoms with Crippen LogP contribution in [-0.4, -0.2) is 41.9 Å². The van der Waals surface area contributed by atoms with Crippen molar-refractivity contribution in [2.24, 2.45) is 0 Å². The Balaban J connectivity index is 1.51. The first-order valence-corrected chi connectivity index (χ1v) is 9.02. The smallest absolute Gasteiger partial charge is 0.325 e. The Morgan fingerprint density at radius 2 is 1.70 bits per heavy atom. The molecule has 3 rings (SSSR count). The average Bonchev–Trinajstić information content (AvgIpc) is 2.95. The minimum absolute atomic E-state index is 0.143. The monoisotopic (exact) mass is 365 g/mol. The number of carbonyl (C=O) groups is 3. The number of amides is 4. The fraction of sp³-hybridized carbons (Fsp3) is 0.286. The standard InChI is InChI=1S/C21H23N3O3/c1-15(17-10-6-3-7-11-17)13-22-19(25)14-24-20(26)18(23-21(24)27)12-16-8-4-2-5-9-16/h2-11,15,18H,12-14H2,1H3,(H,22,25)(H,23,27). The minimum atomic E-state index is -0.629. The Kier molecular flexibility index (Phi) is 5.86. The maximum atomic E-state index is 12.5. The van der Waals surface area contributed by atoms with Crippen LogP contribution in [0.5, 0.6) is 0 Å². The van der Waals surface area contributed by atoms with Gasteiger partial charge in [0.2, 0.25) is 5.91 Å². The molecule has 0 radical (unpaired) electrons. The molecular weight excluding hydrogens is 342 g/mol. The first kappa shape index (κ1) is 18.6. The highest BCUT2D eigenvalue weighted by molar-refractivity contribution is 6.06. The summed E-state index contributed by atoms with van der Waals surface area (Å²) in [5, 5.41) is 5.46. The molecule has 6 heteroatoms. The highest BCUT2D eigenvalue weighted by Gasteiger charge is 2.38. The number of carbonyl (C=O) groups excluding carboxylic acids is 3. The second-order valence-corrected chi connectivity index (χ2v) is 6.73. The van der Waals surface area contributed by atoms with Crippen molar-refractivity contribution < 1.29 is 14.4 Å². The van der Waals surface area contributed by atoms with Crippen LogP contribution >= 0.6 is 0 Å². The molecule has 1 aliphatic rings. The number of hydrogen-bond acceptors (Lipinski definition) is 3. The zero-order chi connectivity index (χ0) is 19.2. The maximum Gasteiger partial charge on any atom is 0.325 e. The first-order valence-electron chi connectivity index (χ1n) is 9.02. The molecular formula is C21H23N3O3. The predicted molar refractivity (Wildman–Crippen MR) is 102 cm³/mol. The Labute approximate surface area is 158 Å². The van der Waals surface area contributed by atoms with E-state index in [-0.39, 0.29) is 24.3 Å². The third kappa shape index (κ3) is 4.73. The maximum absolute atomic E-state index is 12.5. The fourth-order valence-electron chi connectivity index (χ4n) is 3.08. The molecule has 27 heavy (non-hydrogen) atoms. The van der Waals surface area contributed by atoms with Gasteiger partial charge in [-0.2, -0.15) is 0 Å². The number of urea groups is 1. The van der Waals surface area contributed by atoms with Crippen molar-refractivity contribution in [3.05, 3.63) is 71.8 Å². The molecule has 2 unspecified atom stereocenters. The summed E-state index contributed by atoms with van der Waals surface area (Å²) in [4.78, 5) is 37.8. The molecule has 2 aromatic rings. The number of benzene rings is 2. The summed E-state index contributed by atoms with van der Waals surface area (Å²) in [6.07, 6.45) is 0.411. The minimum Gasteiger partial charge on any atom is -0.354 e. The van der Waals surface area contributed by atoms with Gasteiger partial charge < -0.3 is 10.6 Å². The molecule has 0 bridgehead atoms. The van der Waals surface area contributed by atoms with Gasteiger partial charge in [-0.15, -0.1) is 0 Å². The molecule has 1 fully saturated rings. The number of rotatable bonds is 7. The normalized spacial score (nSPS) is 17.5. The molecule has 1 saturated heterocycles. The van der Waals surface area contributed by atoms with Crippen molar-refractivity contribution in [3.8, 4) is 0 Å². The molecule has 0 spiro atoms. The van der Waals surface area contributed by atoms with Crippen molar-refractivity contribution in [3.63, 3.8) is 0 Å². The van der Waals surface area contributed by atoms with Crippen LogP contribution in [0, 0.1) is 0 Å². The largest absolute Gasteiger partial charge is 0.354 e. The van der Waals surface area contributed by atoms with E-state index in [9.17, 15) is 14.4 Å². The van der Waals surface area contributed by atoms with E-state index in [1.165, 1.54) is 0 Å². The van der Waals surface area contributed by atoms with Gasteiger partial charge in [0.1, 0.15) is 12.6 Å². The van der Waals surface area contributed by atoms with Crippen LogP contribution in [0.3, 0.4) is 0 Å². The quantitative estimate of drug-likeness (QED) is 0.738. The summed E-state index contributed by atoms with van der Waals surface area (Å²) in [5.41, 5.74) is 2.08. The summed E-state index contributed by atoms with van der Waals surface area (Å²) < 4.78 is 0. The molecule has 2 N–H and O–H groups in total. The van der Waals surface area contributed by atoms with E-state index in [4.69, 9.17) is 0 Å². The van der Waals surface area contributed by atoms with E-state index in [1.54, 1.807) is 0 Å². The lowest BCUT2D eigenvalue weighted by Crippen LogP contribution is -2.42. The van der Waals surface area contributed by atoms with Crippen LogP contribution in [0.25, 0.3) is 0 Å². The van der Waals surface area contributed by atoms with Gasteiger partial charge in [0.05, 0.1) is 0 Å². The summed E-state index contributed by atoms with van der Waals surface area (Å²) in [7, 11) is 0. The number of nitrogens with one attached hydrogen (secondary N) is 2. The molecule has 140 valence electrons. The van der Waals surface area contributed by atoms with Crippen LogP contribution < -0.4 is 10.6 Å². The summed E-state index contributed by atoms with van der Waals surface area (Å²) in [5.74, 6) is -0.569. The molecule has 2 aromatic carbocycles. The lowest BCUT2D eigenvalue weighted by atomic mass is 10.0. The molecule has 4 amide bonds. The lowest BCUT2D eigenvalue weighted by Gasteiger charge is -2.16. The first-order chi connectivity index (χ1) is 13.0. The van der Waals surface area contributed by atoms with Crippen molar-refractivity contribution in [2.75, 3.05) is 13.1 Å². The van der Waals surface area contributed by atoms with Gasteiger partial charge in [0.15, 0.2) is 0 Å². The van der Waals surface area contributed by atoms with Crippen molar-refractivity contribution in [2.45, 2.75) is 25.3 Å². The van der Waals surface area contributed by atoms with Crippen LogP contribution in [0.2, 0.25) is 0 Å². The molecule has 1 heterocycles. The van der Waals surface area contributed by atoms with E-state index < -0.39 is 12.1 Å². The molecule has 6 nitrogen and oxygen atoms in total. The average molecular weight is 365 g/mol. The van der Waals surface area contributed by atoms with E-state index in [0.717, 1.165) is 16.0 Å². The molecule has 0 aliphatic carbocycles. The SMILES string of the molecule is CC(CNC(=O)CN1C(=O)NC(Cc2ccccc2)C1=O)c1ccccc1.